The van der Waals surface area contributed by atoms with Gasteiger partial charge in [0.2, 0.25) is 5.88 Å². The number of aliphatic hydroxyl groups is 1. The van der Waals surface area contributed by atoms with E-state index in [2.05, 4.69) is 20.9 Å². The zero-order valence-electron chi connectivity index (χ0n) is 16.5. The van der Waals surface area contributed by atoms with Crippen LogP contribution in [-0.2, 0) is 13.2 Å². The van der Waals surface area contributed by atoms with E-state index in [1.54, 1.807) is 24.6 Å². The molecular weight excluding hydrogens is 386 g/mol. The average molecular weight is 412 g/mol. The summed E-state index contributed by atoms with van der Waals surface area (Å²) in [6.07, 6.45) is 3.17. The Labute approximate surface area is 174 Å². The number of thiazole rings is 1. The van der Waals surface area contributed by atoms with Crippen LogP contribution >= 0.6 is 11.3 Å². The second-order valence-electron chi connectivity index (χ2n) is 7.16. The molecule has 0 unspecified atom stereocenters. The minimum absolute atomic E-state index is 0.183. The Kier molecular flexibility index (Phi) is 6.39. The predicted octanol–water partition coefficient (Wildman–Crippen LogP) is 3.75. The zero-order chi connectivity index (χ0) is 20.1. The van der Waals surface area contributed by atoms with Gasteiger partial charge in [0.25, 0.3) is 0 Å². The molecule has 0 atom stereocenters. The second-order valence-corrected chi connectivity index (χ2v) is 7.88. The molecule has 29 heavy (non-hydrogen) atoms. The lowest BCUT2D eigenvalue weighted by atomic mass is 10.0. The molecule has 152 valence electrons. The molecule has 0 bridgehead atoms. The number of hydrogen-bond acceptors (Lipinski definition) is 7. The maximum Gasteiger partial charge on any atom is 0.221 e. The highest BCUT2D eigenvalue weighted by Crippen LogP contribution is 2.33. The van der Waals surface area contributed by atoms with Crippen molar-refractivity contribution in [1.82, 2.24) is 14.9 Å². The molecule has 7 heteroatoms. The molecule has 0 spiro atoms. The lowest BCUT2D eigenvalue weighted by Gasteiger charge is -2.30. The van der Waals surface area contributed by atoms with Crippen LogP contribution in [0.15, 0.2) is 47.4 Å². The first-order valence-electron chi connectivity index (χ1n) is 9.75. The van der Waals surface area contributed by atoms with Gasteiger partial charge in [0.15, 0.2) is 0 Å². The number of nitrogens with zero attached hydrogens (tertiary/aromatic N) is 3. The molecule has 0 radical (unpaired) electrons. The molecule has 4 rings (SSSR count). The molecule has 0 saturated carbocycles. The van der Waals surface area contributed by atoms with Crippen LogP contribution in [-0.4, -0.2) is 46.3 Å². The third-order valence-electron chi connectivity index (χ3n) is 5.15. The SMILES string of the molecule is COc1ncccc1-c1ccc(OCc2cscn2)c(CN2CCC(O)CC2)c1. The number of methoxy groups -OCH3 is 1. The minimum atomic E-state index is -0.183. The number of benzene rings is 1. The van der Waals surface area contributed by atoms with Crippen LogP contribution in [0.2, 0.25) is 0 Å². The third kappa shape index (κ3) is 4.93. The van der Waals surface area contributed by atoms with E-state index in [4.69, 9.17) is 9.47 Å². The van der Waals surface area contributed by atoms with Gasteiger partial charge in [0.05, 0.1) is 24.4 Å². The number of rotatable bonds is 7. The highest BCUT2D eigenvalue weighted by molar-refractivity contribution is 7.07. The van der Waals surface area contributed by atoms with Gasteiger partial charge in [-0.3, -0.25) is 4.90 Å². The van der Waals surface area contributed by atoms with Crippen molar-refractivity contribution >= 4 is 11.3 Å². The summed E-state index contributed by atoms with van der Waals surface area (Å²) in [4.78, 5) is 11.0. The standard InChI is InChI=1S/C22H25N3O3S/c1-27-22-20(3-2-8-23-22)16-4-5-21(28-13-18-14-29-15-24-18)17(11-16)12-25-9-6-19(26)7-10-25/h2-5,8,11,14-15,19,26H,6-7,9-10,12-13H2,1H3. The Hall–Kier alpha value is -2.48. The molecule has 0 aliphatic carbocycles. The number of pyridine rings is 1. The summed E-state index contributed by atoms with van der Waals surface area (Å²) in [5.74, 6) is 1.46. The quantitative estimate of drug-likeness (QED) is 0.639. The van der Waals surface area contributed by atoms with Gasteiger partial charge in [0.1, 0.15) is 12.4 Å². The van der Waals surface area contributed by atoms with Crippen molar-refractivity contribution in [3.8, 4) is 22.8 Å². The van der Waals surface area contributed by atoms with E-state index in [1.165, 1.54) is 0 Å². The third-order valence-corrected chi connectivity index (χ3v) is 5.78. The van der Waals surface area contributed by atoms with Gasteiger partial charge in [-0.05, 0) is 42.7 Å². The second kappa shape index (κ2) is 9.35. The molecule has 1 saturated heterocycles. The van der Waals surface area contributed by atoms with Crippen LogP contribution in [0.4, 0.5) is 0 Å². The topological polar surface area (TPSA) is 67.7 Å². The lowest BCUT2D eigenvalue weighted by Crippen LogP contribution is -2.35. The fraction of sp³-hybridized carbons (Fsp3) is 0.364. The maximum atomic E-state index is 9.81. The number of aliphatic hydroxyl groups excluding tert-OH is 1. The van der Waals surface area contributed by atoms with E-state index in [0.29, 0.717) is 12.5 Å². The molecule has 1 aliphatic rings. The van der Waals surface area contributed by atoms with Crippen molar-refractivity contribution in [1.29, 1.82) is 0 Å². The van der Waals surface area contributed by atoms with Crippen LogP contribution in [0.5, 0.6) is 11.6 Å². The van der Waals surface area contributed by atoms with E-state index in [0.717, 1.165) is 60.6 Å². The summed E-state index contributed by atoms with van der Waals surface area (Å²) in [5, 5.41) is 11.8. The number of ether oxygens (including phenoxy) is 2. The zero-order valence-corrected chi connectivity index (χ0v) is 17.3. The summed E-state index contributed by atoms with van der Waals surface area (Å²) in [7, 11) is 1.64. The largest absolute Gasteiger partial charge is 0.487 e. The first kappa shape index (κ1) is 19.8. The van der Waals surface area contributed by atoms with Gasteiger partial charge < -0.3 is 14.6 Å². The Morgan fingerprint density at radius 2 is 2.07 bits per heavy atom. The highest BCUT2D eigenvalue weighted by Gasteiger charge is 2.19. The summed E-state index contributed by atoms with van der Waals surface area (Å²) in [6.45, 7) is 2.99. The summed E-state index contributed by atoms with van der Waals surface area (Å²) < 4.78 is 11.6. The molecular formula is C22H25N3O3S. The first-order chi connectivity index (χ1) is 14.2. The van der Waals surface area contributed by atoms with Crippen LogP contribution in [0.25, 0.3) is 11.1 Å². The smallest absolute Gasteiger partial charge is 0.221 e. The molecule has 0 amide bonds. The van der Waals surface area contributed by atoms with Gasteiger partial charge in [-0.2, -0.15) is 0 Å². The number of likely N-dealkylation sites (tertiary alicyclic amines) is 1. The van der Waals surface area contributed by atoms with Crippen molar-refractivity contribution in [2.24, 2.45) is 0 Å². The van der Waals surface area contributed by atoms with E-state index >= 15 is 0 Å². The Bertz CT molecular complexity index is 925. The molecule has 1 aromatic carbocycles. The average Bonchev–Trinajstić information content (AvgIpc) is 3.28. The van der Waals surface area contributed by atoms with Gasteiger partial charge >= 0.3 is 0 Å². The Morgan fingerprint density at radius 3 is 2.83 bits per heavy atom. The van der Waals surface area contributed by atoms with Crippen molar-refractivity contribution in [2.45, 2.75) is 32.1 Å². The maximum absolute atomic E-state index is 9.81. The molecule has 1 aliphatic heterocycles. The number of piperidine rings is 1. The van der Waals surface area contributed by atoms with Gasteiger partial charge in [-0.15, -0.1) is 11.3 Å². The van der Waals surface area contributed by atoms with Gasteiger partial charge in [0, 0.05) is 42.3 Å². The van der Waals surface area contributed by atoms with Gasteiger partial charge in [-0.1, -0.05) is 6.07 Å². The first-order valence-corrected chi connectivity index (χ1v) is 10.7. The lowest BCUT2D eigenvalue weighted by molar-refractivity contribution is 0.0787. The van der Waals surface area contributed by atoms with E-state index < -0.39 is 0 Å². The van der Waals surface area contributed by atoms with Crippen molar-refractivity contribution in [2.75, 3.05) is 20.2 Å². The summed E-state index contributed by atoms with van der Waals surface area (Å²) in [5.41, 5.74) is 5.86. The Balaban J connectivity index is 1.61. The highest BCUT2D eigenvalue weighted by atomic mass is 32.1. The van der Waals surface area contributed by atoms with E-state index in [-0.39, 0.29) is 6.10 Å². The van der Waals surface area contributed by atoms with E-state index in [9.17, 15) is 5.11 Å². The Morgan fingerprint density at radius 1 is 1.21 bits per heavy atom. The molecule has 1 fully saturated rings. The molecule has 1 N–H and O–H groups in total. The van der Waals surface area contributed by atoms with Crippen LogP contribution < -0.4 is 9.47 Å². The van der Waals surface area contributed by atoms with Gasteiger partial charge in [-0.25, -0.2) is 9.97 Å². The summed E-state index contributed by atoms with van der Waals surface area (Å²) in [6, 6.07) is 10.1. The predicted molar refractivity (Wildman–Crippen MR) is 113 cm³/mol. The fourth-order valence-corrected chi connectivity index (χ4v) is 4.11. The molecule has 2 aromatic heterocycles. The number of aromatic nitrogens is 2. The molecule has 6 nitrogen and oxygen atoms in total. The van der Waals surface area contributed by atoms with E-state index in [1.807, 2.05) is 35.2 Å². The minimum Gasteiger partial charge on any atom is -0.487 e. The van der Waals surface area contributed by atoms with Crippen LogP contribution in [0, 0.1) is 0 Å². The monoisotopic (exact) mass is 411 g/mol. The fourth-order valence-electron chi connectivity index (χ4n) is 3.56. The normalized spacial score (nSPS) is 15.4. The summed E-state index contributed by atoms with van der Waals surface area (Å²) >= 11 is 1.57. The van der Waals surface area contributed by atoms with Crippen LogP contribution in [0.1, 0.15) is 24.1 Å². The molecule has 3 heterocycles. The van der Waals surface area contributed by atoms with Crippen molar-refractivity contribution in [3.05, 3.63) is 58.7 Å². The molecule has 3 aromatic rings. The number of hydrogen-bond donors (Lipinski definition) is 1. The van der Waals surface area contributed by atoms with Crippen molar-refractivity contribution in [3.63, 3.8) is 0 Å². The van der Waals surface area contributed by atoms with Crippen LogP contribution in [0.3, 0.4) is 0 Å². The van der Waals surface area contributed by atoms with Crippen molar-refractivity contribution < 1.29 is 14.6 Å².